The predicted molar refractivity (Wildman–Crippen MR) is 135 cm³/mol. The lowest BCUT2D eigenvalue weighted by Crippen LogP contribution is -2.52. The van der Waals surface area contributed by atoms with Crippen molar-refractivity contribution in [3.63, 3.8) is 0 Å². The minimum absolute atomic E-state index is 0.0859. The van der Waals surface area contributed by atoms with Crippen LogP contribution >= 0.6 is 0 Å². The van der Waals surface area contributed by atoms with Crippen LogP contribution in [-0.2, 0) is 14.3 Å². The molecule has 35 heavy (non-hydrogen) atoms. The maximum absolute atomic E-state index is 12.9. The Kier molecular flexibility index (Phi) is 8.68. The van der Waals surface area contributed by atoms with Crippen LogP contribution in [0.2, 0.25) is 0 Å². The number of aliphatic carboxylic acids is 1. The van der Waals surface area contributed by atoms with Gasteiger partial charge in [0.25, 0.3) is 0 Å². The molecule has 1 aliphatic carbocycles. The fourth-order valence-corrected chi connectivity index (χ4v) is 4.33. The van der Waals surface area contributed by atoms with Gasteiger partial charge in [0.15, 0.2) is 0 Å². The number of fused-ring (bicyclic) bond motifs is 3. The molecule has 1 unspecified atom stereocenters. The van der Waals surface area contributed by atoms with E-state index in [2.05, 4.69) is 22.8 Å². The zero-order valence-electron chi connectivity index (χ0n) is 20.7. The van der Waals surface area contributed by atoms with Gasteiger partial charge < -0.3 is 20.5 Å². The molecule has 0 saturated heterocycles. The van der Waals surface area contributed by atoms with Gasteiger partial charge in [0, 0.05) is 5.92 Å². The maximum Gasteiger partial charge on any atom is 0.407 e. The van der Waals surface area contributed by atoms with E-state index in [4.69, 9.17) is 4.74 Å². The quantitative estimate of drug-likeness (QED) is 0.423. The van der Waals surface area contributed by atoms with E-state index in [-0.39, 0.29) is 24.9 Å². The van der Waals surface area contributed by atoms with E-state index in [1.807, 2.05) is 70.2 Å². The van der Waals surface area contributed by atoms with E-state index in [0.29, 0.717) is 6.42 Å². The van der Waals surface area contributed by atoms with Crippen LogP contribution in [0.1, 0.15) is 57.6 Å². The number of carboxylic acid groups (broad SMARTS) is 1. The zero-order valence-corrected chi connectivity index (χ0v) is 20.7. The Morgan fingerprint density at radius 3 is 2.03 bits per heavy atom. The SMILES string of the molecule is CC(C)=CCC(NC(=O)OCC1c2ccccc2-c2ccccc21)C(=O)N[C@H](CC(C)C)C(=O)O. The fourth-order valence-electron chi connectivity index (χ4n) is 4.33. The van der Waals surface area contributed by atoms with Crippen LogP contribution in [0.3, 0.4) is 0 Å². The molecular weight excluding hydrogens is 444 g/mol. The summed E-state index contributed by atoms with van der Waals surface area (Å²) in [5.41, 5.74) is 5.43. The van der Waals surface area contributed by atoms with Crippen molar-refractivity contribution in [3.8, 4) is 11.1 Å². The second-order valence-electron chi connectivity index (χ2n) is 9.57. The molecule has 186 valence electrons. The first kappa shape index (κ1) is 26.0. The Morgan fingerprint density at radius 1 is 0.943 bits per heavy atom. The third kappa shape index (κ3) is 6.72. The van der Waals surface area contributed by atoms with E-state index in [1.54, 1.807) is 0 Å². The number of ether oxygens (including phenoxy) is 1. The van der Waals surface area contributed by atoms with Gasteiger partial charge in [-0.1, -0.05) is 74.0 Å². The lowest BCUT2D eigenvalue weighted by Gasteiger charge is -2.22. The summed E-state index contributed by atoms with van der Waals surface area (Å²) < 4.78 is 5.58. The third-order valence-electron chi connectivity index (χ3n) is 6.04. The molecule has 2 aromatic carbocycles. The van der Waals surface area contributed by atoms with Crippen LogP contribution in [0.4, 0.5) is 4.79 Å². The number of benzene rings is 2. The highest BCUT2D eigenvalue weighted by Crippen LogP contribution is 2.44. The summed E-state index contributed by atoms with van der Waals surface area (Å²) in [4.78, 5) is 37.2. The fraction of sp³-hybridized carbons (Fsp3) is 0.393. The third-order valence-corrected chi connectivity index (χ3v) is 6.04. The van der Waals surface area contributed by atoms with E-state index < -0.39 is 30.1 Å². The zero-order chi connectivity index (χ0) is 25.5. The second-order valence-corrected chi connectivity index (χ2v) is 9.57. The molecule has 0 spiro atoms. The molecule has 0 bridgehead atoms. The average molecular weight is 479 g/mol. The maximum atomic E-state index is 12.9. The number of alkyl carbamates (subject to hydrolysis) is 1. The van der Waals surface area contributed by atoms with Crippen LogP contribution in [0.25, 0.3) is 11.1 Å². The van der Waals surface area contributed by atoms with E-state index in [9.17, 15) is 19.5 Å². The molecule has 7 nitrogen and oxygen atoms in total. The number of carbonyl (C=O) groups is 3. The van der Waals surface area contributed by atoms with Gasteiger partial charge in [0.1, 0.15) is 18.7 Å². The first-order valence-electron chi connectivity index (χ1n) is 12.0. The van der Waals surface area contributed by atoms with Crippen molar-refractivity contribution < 1.29 is 24.2 Å². The summed E-state index contributed by atoms with van der Waals surface area (Å²) in [6.07, 6.45) is 1.63. The van der Waals surface area contributed by atoms with Crippen LogP contribution in [-0.4, -0.2) is 41.8 Å². The van der Waals surface area contributed by atoms with Crippen LogP contribution in [0.15, 0.2) is 60.2 Å². The smallest absolute Gasteiger partial charge is 0.407 e. The van der Waals surface area contributed by atoms with Crippen molar-refractivity contribution in [1.82, 2.24) is 10.6 Å². The monoisotopic (exact) mass is 478 g/mol. The van der Waals surface area contributed by atoms with Crippen LogP contribution in [0.5, 0.6) is 0 Å². The van der Waals surface area contributed by atoms with Crippen LogP contribution < -0.4 is 10.6 Å². The van der Waals surface area contributed by atoms with Crippen molar-refractivity contribution in [1.29, 1.82) is 0 Å². The van der Waals surface area contributed by atoms with E-state index in [1.165, 1.54) is 0 Å². The number of allylic oxidation sites excluding steroid dienone is 1. The van der Waals surface area contributed by atoms with Crippen molar-refractivity contribution in [3.05, 3.63) is 71.3 Å². The van der Waals surface area contributed by atoms with Gasteiger partial charge in [-0.05, 0) is 54.9 Å². The number of carbonyl (C=O) groups excluding carboxylic acids is 2. The molecule has 2 atom stereocenters. The Labute approximate surface area is 206 Å². The number of rotatable bonds is 10. The van der Waals surface area contributed by atoms with E-state index >= 15 is 0 Å². The van der Waals surface area contributed by atoms with Gasteiger partial charge in [0.05, 0.1) is 0 Å². The van der Waals surface area contributed by atoms with Crippen molar-refractivity contribution in [2.75, 3.05) is 6.61 Å². The summed E-state index contributed by atoms with van der Waals surface area (Å²) in [7, 11) is 0. The first-order valence-corrected chi connectivity index (χ1v) is 12.0. The minimum Gasteiger partial charge on any atom is -0.480 e. The molecule has 3 N–H and O–H groups in total. The van der Waals surface area contributed by atoms with Crippen molar-refractivity contribution in [2.45, 2.75) is 58.5 Å². The van der Waals surface area contributed by atoms with E-state index in [0.717, 1.165) is 27.8 Å². The Hall–Kier alpha value is -3.61. The molecule has 0 heterocycles. The van der Waals surface area contributed by atoms with Crippen LogP contribution in [0, 0.1) is 5.92 Å². The van der Waals surface area contributed by atoms with Gasteiger partial charge in [0.2, 0.25) is 5.91 Å². The van der Waals surface area contributed by atoms with Crippen molar-refractivity contribution >= 4 is 18.0 Å². The second kappa shape index (κ2) is 11.7. The van der Waals surface area contributed by atoms with Gasteiger partial charge in [-0.25, -0.2) is 9.59 Å². The summed E-state index contributed by atoms with van der Waals surface area (Å²) in [5.74, 6) is -1.67. The number of hydrogen-bond acceptors (Lipinski definition) is 4. The lowest BCUT2D eigenvalue weighted by atomic mass is 9.98. The summed E-state index contributed by atoms with van der Waals surface area (Å²) in [6, 6.07) is 14.1. The predicted octanol–water partition coefficient (Wildman–Crippen LogP) is 4.87. The Bertz CT molecular complexity index is 1060. The summed E-state index contributed by atoms with van der Waals surface area (Å²) >= 11 is 0. The Balaban J connectivity index is 1.68. The standard InChI is InChI=1S/C28H34N2O5/c1-17(2)13-14-24(26(31)29-25(27(32)33)15-18(3)4)30-28(34)35-16-23-21-11-7-5-9-19(21)20-10-6-8-12-22(20)23/h5-13,18,23-25H,14-16H2,1-4H3,(H,29,31)(H,30,34)(H,32,33)/t24?,25-/m1/s1. The summed E-state index contributed by atoms with van der Waals surface area (Å²) in [6.45, 7) is 7.68. The van der Waals surface area contributed by atoms with Gasteiger partial charge in [-0.2, -0.15) is 0 Å². The summed E-state index contributed by atoms with van der Waals surface area (Å²) in [5, 5.41) is 14.7. The molecule has 7 heteroatoms. The first-order chi connectivity index (χ1) is 16.7. The minimum atomic E-state index is -1.10. The number of amides is 2. The molecule has 1 aliphatic rings. The largest absolute Gasteiger partial charge is 0.480 e. The molecule has 2 amide bonds. The molecule has 3 rings (SSSR count). The van der Waals surface area contributed by atoms with Crippen molar-refractivity contribution in [2.24, 2.45) is 5.92 Å². The highest BCUT2D eigenvalue weighted by molar-refractivity contribution is 5.89. The molecule has 0 radical (unpaired) electrons. The lowest BCUT2D eigenvalue weighted by molar-refractivity contribution is -0.142. The normalized spacial score (nSPS) is 13.9. The number of hydrogen-bond donors (Lipinski definition) is 3. The average Bonchev–Trinajstić information content (AvgIpc) is 3.13. The number of carboxylic acids is 1. The highest BCUT2D eigenvalue weighted by atomic mass is 16.5. The van der Waals surface area contributed by atoms with Gasteiger partial charge in [-0.3, -0.25) is 4.79 Å². The Morgan fingerprint density at radius 2 is 1.51 bits per heavy atom. The van der Waals surface area contributed by atoms with Gasteiger partial charge >= 0.3 is 12.1 Å². The molecule has 2 aromatic rings. The highest BCUT2D eigenvalue weighted by Gasteiger charge is 2.30. The molecule has 0 aliphatic heterocycles. The molecule has 0 saturated carbocycles. The topological polar surface area (TPSA) is 105 Å². The number of nitrogens with one attached hydrogen (secondary N) is 2. The van der Waals surface area contributed by atoms with Gasteiger partial charge in [-0.15, -0.1) is 0 Å². The molecule has 0 fully saturated rings. The molecule has 0 aromatic heterocycles. The molecular formula is C28H34N2O5.